The summed E-state index contributed by atoms with van der Waals surface area (Å²) in [6.45, 7) is 7.76. The lowest BCUT2D eigenvalue weighted by molar-refractivity contribution is 0.270. The summed E-state index contributed by atoms with van der Waals surface area (Å²) in [5.74, 6) is 2.30. The lowest BCUT2D eigenvalue weighted by Gasteiger charge is -2.35. The molecule has 1 aromatic carbocycles. The maximum atomic E-state index is 6.62. The van der Waals surface area contributed by atoms with Crippen LogP contribution < -0.4 is 15.5 Å². The Bertz CT molecular complexity index is 909. The molecule has 1 aliphatic rings. The minimum absolute atomic E-state index is 0.596. The zero-order valence-electron chi connectivity index (χ0n) is 16.8. The molecule has 2 N–H and O–H groups in total. The number of piperazine rings is 1. The number of nitrogens with two attached hydrogens (primary N) is 1. The molecule has 0 spiro atoms. The minimum Gasteiger partial charge on any atom is -0.393 e. The average Bonchev–Trinajstić information content (AvgIpc) is 2.79. The van der Waals surface area contributed by atoms with Gasteiger partial charge in [-0.25, -0.2) is 15.0 Å². The number of hydrogen-bond acceptors (Lipinski definition) is 7. The van der Waals surface area contributed by atoms with Crippen LogP contribution in [0.15, 0.2) is 61.1 Å². The topological polar surface area (TPSA) is 74.4 Å². The van der Waals surface area contributed by atoms with Crippen molar-refractivity contribution in [2.75, 3.05) is 48.3 Å². The number of nitrogen functional groups attached to an aromatic ring is 1. The van der Waals surface area contributed by atoms with Crippen molar-refractivity contribution in [1.29, 1.82) is 0 Å². The molecular formula is C22H27N7. The number of hydrogen-bond donors (Lipinski definition) is 1. The second kappa shape index (κ2) is 8.87. The van der Waals surface area contributed by atoms with Gasteiger partial charge in [0.2, 0.25) is 0 Å². The van der Waals surface area contributed by atoms with Crippen molar-refractivity contribution in [3.05, 3.63) is 66.6 Å². The summed E-state index contributed by atoms with van der Waals surface area (Å²) in [6.07, 6.45) is 3.39. The van der Waals surface area contributed by atoms with Gasteiger partial charge in [-0.3, -0.25) is 0 Å². The molecule has 0 bridgehead atoms. The molecular weight excluding hydrogens is 362 g/mol. The van der Waals surface area contributed by atoms with Gasteiger partial charge in [0.25, 0.3) is 0 Å². The van der Waals surface area contributed by atoms with Crippen LogP contribution in [0.4, 0.5) is 23.1 Å². The second-order valence-electron chi connectivity index (χ2n) is 7.12. The first-order chi connectivity index (χ1) is 14.3. The van der Waals surface area contributed by atoms with Gasteiger partial charge >= 0.3 is 0 Å². The molecule has 1 saturated heterocycles. The summed E-state index contributed by atoms with van der Waals surface area (Å²) in [5, 5.41) is 0. The van der Waals surface area contributed by atoms with Crippen LogP contribution in [-0.2, 0) is 6.54 Å². The maximum absolute atomic E-state index is 6.62. The van der Waals surface area contributed by atoms with E-state index < -0.39 is 0 Å². The fourth-order valence-corrected chi connectivity index (χ4v) is 3.66. The summed E-state index contributed by atoms with van der Waals surface area (Å²) in [5.41, 5.74) is 8.38. The first kappa shape index (κ1) is 19.1. The van der Waals surface area contributed by atoms with E-state index in [1.807, 2.05) is 36.4 Å². The van der Waals surface area contributed by atoms with Gasteiger partial charge < -0.3 is 20.4 Å². The normalized spacial score (nSPS) is 14.7. The minimum atomic E-state index is 0.596. The molecule has 0 atom stereocenters. The number of anilines is 4. The lowest BCUT2D eigenvalue weighted by atomic mass is 10.2. The largest absolute Gasteiger partial charge is 0.393 e. The van der Waals surface area contributed by atoms with Crippen molar-refractivity contribution in [2.45, 2.75) is 13.5 Å². The van der Waals surface area contributed by atoms with Crippen LogP contribution in [0.25, 0.3) is 0 Å². The number of aromatic nitrogens is 3. The van der Waals surface area contributed by atoms with Crippen molar-refractivity contribution in [3.8, 4) is 0 Å². The Hall–Kier alpha value is -3.19. The van der Waals surface area contributed by atoms with Gasteiger partial charge in [-0.05, 0) is 24.2 Å². The Morgan fingerprint density at radius 3 is 2.38 bits per heavy atom. The van der Waals surface area contributed by atoms with Crippen molar-refractivity contribution in [1.82, 2.24) is 19.9 Å². The van der Waals surface area contributed by atoms with E-state index in [0.29, 0.717) is 18.1 Å². The van der Waals surface area contributed by atoms with Crippen LogP contribution in [0.2, 0.25) is 0 Å². The Kier molecular flexibility index (Phi) is 5.86. The zero-order chi connectivity index (χ0) is 20.1. The fraction of sp³-hybridized carbons (Fsp3) is 0.318. The van der Waals surface area contributed by atoms with E-state index in [1.54, 1.807) is 12.5 Å². The summed E-state index contributed by atoms with van der Waals surface area (Å²) in [6, 6.07) is 16.1. The van der Waals surface area contributed by atoms with E-state index in [4.69, 9.17) is 5.73 Å². The van der Waals surface area contributed by atoms with E-state index in [1.165, 1.54) is 0 Å². The van der Waals surface area contributed by atoms with Crippen molar-refractivity contribution < 1.29 is 0 Å². The zero-order valence-corrected chi connectivity index (χ0v) is 16.8. The monoisotopic (exact) mass is 389 g/mol. The molecule has 1 fully saturated rings. The molecule has 150 valence electrons. The van der Waals surface area contributed by atoms with Crippen LogP contribution in [0, 0.1) is 0 Å². The smallest absolute Gasteiger partial charge is 0.163 e. The first-order valence-electron chi connectivity index (χ1n) is 10.1. The highest BCUT2D eigenvalue weighted by atomic mass is 15.3. The first-order valence-corrected chi connectivity index (χ1v) is 10.1. The van der Waals surface area contributed by atoms with Gasteiger partial charge in [-0.15, -0.1) is 0 Å². The van der Waals surface area contributed by atoms with Gasteiger partial charge in [0.15, 0.2) is 11.6 Å². The summed E-state index contributed by atoms with van der Waals surface area (Å²) in [4.78, 5) is 20.4. The third-order valence-corrected chi connectivity index (χ3v) is 5.33. The molecule has 0 amide bonds. The molecule has 7 nitrogen and oxygen atoms in total. The molecule has 0 aliphatic carbocycles. The van der Waals surface area contributed by atoms with Crippen molar-refractivity contribution in [3.63, 3.8) is 0 Å². The summed E-state index contributed by atoms with van der Waals surface area (Å²) < 4.78 is 0. The third kappa shape index (κ3) is 4.30. The van der Waals surface area contributed by atoms with Crippen LogP contribution >= 0.6 is 0 Å². The SMILES string of the molecule is CCN1CCN(c2ncnc(N(Cc3ccccc3)c3ccccn3)c2N)CC1. The predicted molar refractivity (Wildman–Crippen MR) is 117 cm³/mol. The molecule has 3 heterocycles. The molecule has 7 heteroatoms. The second-order valence-corrected chi connectivity index (χ2v) is 7.12. The van der Waals surface area contributed by atoms with E-state index in [0.717, 1.165) is 49.9 Å². The Balaban J connectivity index is 1.68. The molecule has 3 aromatic rings. The highest BCUT2D eigenvalue weighted by Crippen LogP contribution is 2.34. The fourth-order valence-electron chi connectivity index (χ4n) is 3.66. The van der Waals surface area contributed by atoms with Crippen LogP contribution in [0.1, 0.15) is 12.5 Å². The molecule has 0 saturated carbocycles. The van der Waals surface area contributed by atoms with Gasteiger partial charge in [0.05, 0.1) is 6.54 Å². The average molecular weight is 390 g/mol. The Labute approximate surface area is 171 Å². The maximum Gasteiger partial charge on any atom is 0.163 e. The lowest BCUT2D eigenvalue weighted by Crippen LogP contribution is -2.46. The van der Waals surface area contributed by atoms with Crippen LogP contribution in [0.5, 0.6) is 0 Å². The number of rotatable bonds is 6. The molecule has 29 heavy (non-hydrogen) atoms. The van der Waals surface area contributed by atoms with Gasteiger partial charge in [-0.2, -0.15) is 0 Å². The van der Waals surface area contributed by atoms with Gasteiger partial charge in [0.1, 0.15) is 17.8 Å². The number of pyridine rings is 1. The predicted octanol–water partition coefficient (Wildman–Crippen LogP) is 2.93. The van der Waals surface area contributed by atoms with Crippen molar-refractivity contribution >= 4 is 23.1 Å². The highest BCUT2D eigenvalue weighted by molar-refractivity contribution is 5.79. The Morgan fingerprint density at radius 2 is 1.69 bits per heavy atom. The molecule has 0 unspecified atom stereocenters. The number of benzene rings is 1. The van der Waals surface area contributed by atoms with E-state index in [-0.39, 0.29) is 0 Å². The third-order valence-electron chi connectivity index (χ3n) is 5.33. The molecule has 4 rings (SSSR count). The van der Waals surface area contributed by atoms with Gasteiger partial charge in [0, 0.05) is 32.4 Å². The summed E-state index contributed by atoms with van der Waals surface area (Å²) >= 11 is 0. The van der Waals surface area contributed by atoms with Gasteiger partial charge in [-0.1, -0.05) is 43.3 Å². The van der Waals surface area contributed by atoms with E-state index in [2.05, 4.69) is 48.7 Å². The Morgan fingerprint density at radius 1 is 0.931 bits per heavy atom. The molecule has 0 radical (unpaired) electrons. The van der Waals surface area contributed by atoms with Crippen LogP contribution in [-0.4, -0.2) is 52.6 Å². The summed E-state index contributed by atoms with van der Waals surface area (Å²) in [7, 11) is 0. The molecule has 2 aromatic heterocycles. The number of nitrogens with zero attached hydrogens (tertiary/aromatic N) is 6. The quantitative estimate of drug-likeness (QED) is 0.695. The highest BCUT2D eigenvalue weighted by Gasteiger charge is 2.23. The van der Waals surface area contributed by atoms with E-state index >= 15 is 0 Å². The van der Waals surface area contributed by atoms with Crippen molar-refractivity contribution in [2.24, 2.45) is 0 Å². The van der Waals surface area contributed by atoms with E-state index in [9.17, 15) is 0 Å². The number of likely N-dealkylation sites (N-methyl/N-ethyl adjacent to an activating group) is 1. The molecule has 1 aliphatic heterocycles. The van der Waals surface area contributed by atoms with Crippen LogP contribution in [0.3, 0.4) is 0 Å². The standard InChI is InChI=1S/C22H27N7/c1-2-27-12-14-28(15-13-27)21-20(23)22(26-17-25-21)29(19-10-6-7-11-24-19)16-18-8-4-3-5-9-18/h3-11,17H,2,12-16,23H2,1H3.